The number of benzene rings is 1. The predicted molar refractivity (Wildman–Crippen MR) is 91.6 cm³/mol. The first-order valence-corrected chi connectivity index (χ1v) is 8.90. The van der Waals surface area contributed by atoms with Crippen molar-refractivity contribution in [3.63, 3.8) is 0 Å². The lowest BCUT2D eigenvalue weighted by Crippen LogP contribution is -2.56. The Morgan fingerprint density at radius 1 is 1.30 bits per heavy atom. The second-order valence-corrected chi connectivity index (χ2v) is 7.31. The van der Waals surface area contributed by atoms with Gasteiger partial charge in [0.05, 0.1) is 24.1 Å². The SMILES string of the molecule is COC(=O)C1CC(=O)N(C)C12CCN(Cc1cccc(C(F)(F)F)c1)CC2. The highest BCUT2D eigenvalue weighted by Crippen LogP contribution is 2.43. The van der Waals surface area contributed by atoms with Crippen molar-refractivity contribution < 1.29 is 27.5 Å². The maximum absolute atomic E-state index is 12.9. The third kappa shape index (κ3) is 3.67. The maximum atomic E-state index is 12.9. The average Bonchev–Trinajstić information content (AvgIpc) is 2.88. The van der Waals surface area contributed by atoms with Crippen molar-refractivity contribution >= 4 is 11.9 Å². The number of carbonyl (C=O) groups excluding carboxylic acids is 2. The zero-order chi connectivity index (χ0) is 19.8. The van der Waals surface area contributed by atoms with Crippen molar-refractivity contribution in [2.24, 2.45) is 5.92 Å². The number of likely N-dealkylation sites (tertiary alicyclic amines) is 2. The molecule has 3 rings (SSSR count). The van der Waals surface area contributed by atoms with Crippen LogP contribution in [0.3, 0.4) is 0 Å². The Hall–Kier alpha value is -2.09. The van der Waals surface area contributed by atoms with Crippen molar-refractivity contribution in [2.45, 2.75) is 37.5 Å². The van der Waals surface area contributed by atoms with Gasteiger partial charge in [0, 0.05) is 33.1 Å². The van der Waals surface area contributed by atoms with Crippen LogP contribution >= 0.6 is 0 Å². The van der Waals surface area contributed by atoms with Gasteiger partial charge in [-0.15, -0.1) is 0 Å². The second-order valence-electron chi connectivity index (χ2n) is 7.31. The summed E-state index contributed by atoms with van der Waals surface area (Å²) in [5.74, 6) is -0.938. The van der Waals surface area contributed by atoms with Crippen molar-refractivity contribution in [3.8, 4) is 0 Å². The molecule has 1 aromatic rings. The molecule has 0 radical (unpaired) electrons. The normalized spacial score (nSPS) is 23.1. The number of nitrogens with zero attached hydrogens (tertiary/aromatic N) is 2. The summed E-state index contributed by atoms with van der Waals surface area (Å²) in [6.07, 6.45) is -3.03. The fourth-order valence-corrected chi connectivity index (χ4v) is 4.32. The smallest absolute Gasteiger partial charge is 0.416 e. The molecule has 0 bridgehead atoms. The van der Waals surface area contributed by atoms with Crippen molar-refractivity contribution in [3.05, 3.63) is 35.4 Å². The van der Waals surface area contributed by atoms with E-state index < -0.39 is 23.2 Å². The van der Waals surface area contributed by atoms with E-state index in [1.54, 1.807) is 18.0 Å². The van der Waals surface area contributed by atoms with Gasteiger partial charge in [0.1, 0.15) is 0 Å². The van der Waals surface area contributed by atoms with Crippen molar-refractivity contribution in [1.29, 1.82) is 0 Å². The van der Waals surface area contributed by atoms with Crippen LogP contribution < -0.4 is 0 Å². The topological polar surface area (TPSA) is 49.9 Å². The number of ether oxygens (including phenoxy) is 1. The average molecular weight is 384 g/mol. The first-order valence-electron chi connectivity index (χ1n) is 8.90. The van der Waals surface area contributed by atoms with Gasteiger partial charge in [0.2, 0.25) is 5.91 Å². The Morgan fingerprint density at radius 2 is 1.96 bits per heavy atom. The Kier molecular flexibility index (Phi) is 5.20. The largest absolute Gasteiger partial charge is 0.469 e. The number of rotatable bonds is 3. The molecule has 0 N–H and O–H groups in total. The third-order valence-electron chi connectivity index (χ3n) is 5.94. The Morgan fingerprint density at radius 3 is 2.56 bits per heavy atom. The Balaban J connectivity index is 1.70. The summed E-state index contributed by atoms with van der Waals surface area (Å²) >= 11 is 0. The second kappa shape index (κ2) is 7.14. The third-order valence-corrected chi connectivity index (χ3v) is 5.94. The van der Waals surface area contributed by atoms with Crippen LogP contribution in [0.1, 0.15) is 30.4 Å². The highest BCUT2D eigenvalue weighted by Gasteiger charge is 2.55. The summed E-state index contributed by atoms with van der Waals surface area (Å²) in [6.45, 7) is 1.60. The van der Waals surface area contributed by atoms with Gasteiger partial charge in [-0.1, -0.05) is 18.2 Å². The van der Waals surface area contributed by atoms with E-state index in [9.17, 15) is 22.8 Å². The summed E-state index contributed by atoms with van der Waals surface area (Å²) in [5, 5.41) is 0. The van der Waals surface area contributed by atoms with E-state index in [-0.39, 0.29) is 18.3 Å². The number of carbonyl (C=O) groups is 2. The molecule has 2 heterocycles. The molecule has 8 heteroatoms. The van der Waals surface area contributed by atoms with Crippen LogP contribution in [0, 0.1) is 5.92 Å². The number of hydrogen-bond donors (Lipinski definition) is 0. The van der Waals surface area contributed by atoms with E-state index in [1.165, 1.54) is 19.2 Å². The Bertz CT molecular complexity index is 727. The number of hydrogen-bond acceptors (Lipinski definition) is 4. The summed E-state index contributed by atoms with van der Waals surface area (Å²) in [7, 11) is 3.04. The van der Waals surface area contributed by atoms with Crippen molar-refractivity contribution in [2.75, 3.05) is 27.2 Å². The van der Waals surface area contributed by atoms with E-state index in [0.29, 0.717) is 38.0 Å². The summed E-state index contributed by atoms with van der Waals surface area (Å²) in [5.41, 5.74) is -0.615. The maximum Gasteiger partial charge on any atom is 0.416 e. The number of esters is 1. The number of alkyl halides is 3. The standard InChI is InChI=1S/C19H23F3N2O3/c1-23-16(25)11-15(17(26)27-2)18(23)6-8-24(9-7-18)12-13-4-3-5-14(10-13)19(20,21)22/h3-5,10,15H,6-9,11-12H2,1-2H3. The van der Waals surface area contributed by atoms with E-state index in [2.05, 4.69) is 4.90 Å². The lowest BCUT2D eigenvalue weighted by Gasteiger charge is -2.45. The predicted octanol–water partition coefficient (Wildman–Crippen LogP) is 2.69. The van der Waals surface area contributed by atoms with Crippen LogP contribution in [-0.4, -0.2) is 54.5 Å². The van der Waals surface area contributed by atoms with Gasteiger partial charge in [0.25, 0.3) is 0 Å². The van der Waals surface area contributed by atoms with Crippen LogP contribution in [0.25, 0.3) is 0 Å². The van der Waals surface area contributed by atoms with E-state index in [1.807, 2.05) is 0 Å². The molecule has 2 aliphatic rings. The summed E-state index contributed by atoms with van der Waals surface area (Å²) in [4.78, 5) is 28.1. The van der Waals surface area contributed by atoms with Gasteiger partial charge < -0.3 is 9.64 Å². The van der Waals surface area contributed by atoms with Gasteiger partial charge in [-0.2, -0.15) is 13.2 Å². The molecule has 1 spiro atoms. The molecule has 27 heavy (non-hydrogen) atoms. The lowest BCUT2D eigenvalue weighted by molar-refractivity contribution is -0.150. The molecule has 1 atom stereocenters. The molecule has 1 amide bonds. The van der Waals surface area contributed by atoms with Crippen LogP contribution in [0.4, 0.5) is 13.2 Å². The van der Waals surface area contributed by atoms with E-state index in [4.69, 9.17) is 4.74 Å². The van der Waals surface area contributed by atoms with Gasteiger partial charge in [-0.3, -0.25) is 14.5 Å². The fourth-order valence-electron chi connectivity index (χ4n) is 4.32. The molecule has 0 saturated carbocycles. The van der Waals surface area contributed by atoms with E-state index in [0.717, 1.165) is 6.07 Å². The lowest BCUT2D eigenvalue weighted by atomic mass is 9.77. The number of amides is 1. The molecular weight excluding hydrogens is 361 g/mol. The number of halogens is 3. The van der Waals surface area contributed by atoms with Crippen LogP contribution in [0.2, 0.25) is 0 Å². The molecular formula is C19H23F3N2O3. The van der Waals surface area contributed by atoms with Crippen LogP contribution in [0.5, 0.6) is 0 Å². The van der Waals surface area contributed by atoms with Gasteiger partial charge in [-0.25, -0.2) is 0 Å². The molecule has 2 fully saturated rings. The Labute approximate surface area is 156 Å². The van der Waals surface area contributed by atoms with Gasteiger partial charge >= 0.3 is 12.1 Å². The summed E-state index contributed by atoms with van der Waals surface area (Å²) < 4.78 is 43.5. The van der Waals surface area contributed by atoms with Crippen LogP contribution in [0.15, 0.2) is 24.3 Å². The van der Waals surface area contributed by atoms with Crippen molar-refractivity contribution in [1.82, 2.24) is 9.80 Å². The minimum Gasteiger partial charge on any atom is -0.469 e. The molecule has 1 aromatic carbocycles. The molecule has 1 unspecified atom stereocenters. The number of methoxy groups -OCH3 is 1. The fraction of sp³-hybridized carbons (Fsp3) is 0.579. The molecule has 0 aromatic heterocycles. The monoisotopic (exact) mass is 384 g/mol. The quantitative estimate of drug-likeness (QED) is 0.752. The molecule has 5 nitrogen and oxygen atoms in total. The van der Waals surface area contributed by atoms with E-state index >= 15 is 0 Å². The number of piperidine rings is 1. The minimum absolute atomic E-state index is 0.0725. The molecule has 148 valence electrons. The van der Waals surface area contributed by atoms with Crippen LogP contribution in [-0.2, 0) is 27.0 Å². The molecule has 0 aliphatic carbocycles. The first-order chi connectivity index (χ1) is 12.7. The minimum atomic E-state index is -4.36. The highest BCUT2D eigenvalue weighted by molar-refractivity contribution is 5.88. The first kappa shape index (κ1) is 19.7. The zero-order valence-corrected chi connectivity index (χ0v) is 15.4. The highest BCUT2D eigenvalue weighted by atomic mass is 19.4. The molecule has 2 saturated heterocycles. The van der Waals surface area contributed by atoms with Gasteiger partial charge in [-0.05, 0) is 24.5 Å². The molecule has 2 aliphatic heterocycles. The zero-order valence-electron chi connectivity index (χ0n) is 15.4. The summed E-state index contributed by atoms with van der Waals surface area (Å²) in [6, 6.07) is 5.34. The van der Waals surface area contributed by atoms with Gasteiger partial charge in [0.15, 0.2) is 0 Å².